The van der Waals surface area contributed by atoms with Crippen LogP contribution in [0.3, 0.4) is 0 Å². The summed E-state index contributed by atoms with van der Waals surface area (Å²) in [5.74, 6) is 0.352. The fourth-order valence-corrected chi connectivity index (χ4v) is 4.80. The van der Waals surface area contributed by atoms with Crippen LogP contribution in [-0.4, -0.2) is 53.1 Å². The summed E-state index contributed by atoms with van der Waals surface area (Å²) in [6, 6.07) is 8.61. The number of nitrogens with zero attached hydrogens (tertiary/aromatic N) is 3. The molecular formula is C20H24N4OS. The van der Waals surface area contributed by atoms with Gasteiger partial charge in [0, 0.05) is 37.8 Å². The maximum atomic E-state index is 12.4. The molecule has 0 saturated carbocycles. The smallest absolute Gasteiger partial charge is 0.256 e. The van der Waals surface area contributed by atoms with Crippen LogP contribution >= 0.6 is 11.3 Å². The average Bonchev–Trinajstić information content (AvgIpc) is 3.29. The van der Waals surface area contributed by atoms with Crippen LogP contribution in [0.5, 0.6) is 0 Å². The van der Waals surface area contributed by atoms with E-state index in [2.05, 4.69) is 44.7 Å². The highest BCUT2D eigenvalue weighted by molar-refractivity contribution is 7.17. The largest absolute Gasteiger partial charge is 0.345 e. The second-order valence-corrected chi connectivity index (χ2v) is 8.14. The van der Waals surface area contributed by atoms with Gasteiger partial charge in [-0.1, -0.05) is 18.2 Å². The molecule has 0 aliphatic carbocycles. The molecule has 1 N–H and O–H groups in total. The third-order valence-corrected chi connectivity index (χ3v) is 6.19. The number of likely N-dealkylation sites (tertiary alicyclic amines) is 1. The highest BCUT2D eigenvalue weighted by atomic mass is 32.1. The highest BCUT2D eigenvalue weighted by Crippen LogP contribution is 2.31. The fraction of sp³-hybridized carbons (Fsp3) is 0.400. The Labute approximate surface area is 157 Å². The van der Waals surface area contributed by atoms with Gasteiger partial charge in [0.05, 0.1) is 17.5 Å². The molecule has 1 amide bonds. The number of rotatable bonds is 4. The van der Waals surface area contributed by atoms with E-state index in [1.54, 1.807) is 25.2 Å². The Hall–Kier alpha value is -2.18. The number of nitrogens with one attached hydrogen (secondary N) is 1. The van der Waals surface area contributed by atoms with E-state index in [9.17, 15) is 4.79 Å². The van der Waals surface area contributed by atoms with Gasteiger partial charge in [-0.2, -0.15) is 5.10 Å². The zero-order chi connectivity index (χ0) is 18.1. The summed E-state index contributed by atoms with van der Waals surface area (Å²) >= 11 is 1.82. The van der Waals surface area contributed by atoms with Crippen LogP contribution in [0.2, 0.25) is 0 Å². The number of amides is 1. The first-order valence-corrected chi connectivity index (χ1v) is 9.94. The summed E-state index contributed by atoms with van der Waals surface area (Å²) in [6.07, 6.45) is 3.90. The zero-order valence-electron chi connectivity index (χ0n) is 15.2. The van der Waals surface area contributed by atoms with E-state index in [0.29, 0.717) is 11.5 Å². The Kier molecular flexibility index (Phi) is 4.78. The van der Waals surface area contributed by atoms with Crippen molar-refractivity contribution in [1.29, 1.82) is 0 Å². The van der Waals surface area contributed by atoms with Gasteiger partial charge < -0.3 is 4.90 Å². The van der Waals surface area contributed by atoms with Crippen LogP contribution in [0.15, 0.2) is 35.8 Å². The minimum atomic E-state index is 0.0229. The maximum absolute atomic E-state index is 12.4. The second-order valence-electron chi connectivity index (χ2n) is 7.23. The van der Waals surface area contributed by atoms with Gasteiger partial charge in [-0.15, -0.1) is 11.3 Å². The summed E-state index contributed by atoms with van der Waals surface area (Å²) < 4.78 is 1.35. The van der Waals surface area contributed by atoms with Crippen LogP contribution in [0.4, 0.5) is 0 Å². The fourth-order valence-electron chi connectivity index (χ4n) is 3.85. The van der Waals surface area contributed by atoms with Gasteiger partial charge in [-0.25, -0.2) is 0 Å². The number of carbonyl (C=O) groups excluding carboxylic acids is 1. The minimum absolute atomic E-state index is 0.0229. The molecule has 3 heterocycles. The van der Waals surface area contributed by atoms with Crippen molar-refractivity contribution >= 4 is 27.3 Å². The Morgan fingerprint density at radius 1 is 1.38 bits per heavy atom. The lowest BCUT2D eigenvalue weighted by Crippen LogP contribution is -2.35. The predicted octanol–water partition coefficient (Wildman–Crippen LogP) is 3.71. The lowest BCUT2D eigenvalue weighted by atomic mass is 9.92. The van der Waals surface area contributed by atoms with Crippen LogP contribution in [0.25, 0.3) is 10.1 Å². The van der Waals surface area contributed by atoms with Gasteiger partial charge in [-0.3, -0.25) is 14.8 Å². The monoisotopic (exact) mass is 368 g/mol. The summed E-state index contributed by atoms with van der Waals surface area (Å²) in [7, 11) is 3.57. The lowest BCUT2D eigenvalue weighted by Gasteiger charge is -2.32. The van der Waals surface area contributed by atoms with Gasteiger partial charge >= 0.3 is 0 Å². The summed E-state index contributed by atoms with van der Waals surface area (Å²) in [5, 5.41) is 10.9. The molecule has 4 rings (SSSR count). The Bertz CT molecular complexity index is 913. The van der Waals surface area contributed by atoms with Gasteiger partial charge in [-0.05, 0) is 41.8 Å². The molecule has 1 aliphatic heterocycles. The third-order valence-electron chi connectivity index (χ3n) is 5.17. The molecule has 0 spiro atoms. The van der Waals surface area contributed by atoms with Crippen LogP contribution in [0, 0.1) is 0 Å². The molecule has 5 nitrogen and oxygen atoms in total. The topological polar surface area (TPSA) is 52.2 Å². The lowest BCUT2D eigenvalue weighted by molar-refractivity contribution is 0.0825. The number of thiophene rings is 1. The SMILES string of the molecule is CN(C)C(=O)c1cn[nH]c1C1CCCN(Cc2csc3ccccc23)C1. The number of hydrogen-bond donors (Lipinski definition) is 1. The number of carbonyl (C=O) groups is 1. The third kappa shape index (κ3) is 3.27. The Balaban J connectivity index is 1.52. The molecule has 1 unspecified atom stereocenters. The number of aromatic nitrogens is 2. The van der Waals surface area contributed by atoms with E-state index in [1.807, 2.05) is 11.3 Å². The van der Waals surface area contributed by atoms with Gasteiger partial charge in [0.2, 0.25) is 0 Å². The van der Waals surface area contributed by atoms with Crippen LogP contribution in [-0.2, 0) is 6.54 Å². The molecule has 1 fully saturated rings. The number of piperidine rings is 1. The number of hydrogen-bond acceptors (Lipinski definition) is 4. The predicted molar refractivity (Wildman–Crippen MR) is 106 cm³/mol. The molecule has 1 atom stereocenters. The number of aromatic amines is 1. The quantitative estimate of drug-likeness (QED) is 0.764. The van der Waals surface area contributed by atoms with Crippen molar-refractivity contribution in [3.63, 3.8) is 0 Å². The van der Waals surface area contributed by atoms with Crippen molar-refractivity contribution in [3.8, 4) is 0 Å². The van der Waals surface area contributed by atoms with Crippen molar-refractivity contribution in [3.05, 3.63) is 52.7 Å². The van der Waals surface area contributed by atoms with Gasteiger partial charge in [0.25, 0.3) is 5.91 Å². The van der Waals surface area contributed by atoms with Gasteiger partial charge in [0.15, 0.2) is 0 Å². The van der Waals surface area contributed by atoms with E-state index >= 15 is 0 Å². The number of H-pyrrole nitrogens is 1. The van der Waals surface area contributed by atoms with Crippen LogP contribution < -0.4 is 0 Å². The van der Waals surface area contributed by atoms with E-state index in [-0.39, 0.29) is 5.91 Å². The molecule has 136 valence electrons. The van der Waals surface area contributed by atoms with Crippen molar-refractivity contribution in [2.75, 3.05) is 27.2 Å². The van der Waals surface area contributed by atoms with E-state index < -0.39 is 0 Å². The van der Waals surface area contributed by atoms with Crippen molar-refractivity contribution in [1.82, 2.24) is 20.0 Å². The molecule has 1 aliphatic rings. The first-order valence-electron chi connectivity index (χ1n) is 9.06. The molecule has 0 radical (unpaired) electrons. The second kappa shape index (κ2) is 7.21. The summed E-state index contributed by atoms with van der Waals surface area (Å²) in [6.45, 7) is 3.03. The van der Waals surface area contributed by atoms with E-state index in [4.69, 9.17) is 0 Å². The van der Waals surface area contributed by atoms with Crippen molar-refractivity contribution in [2.24, 2.45) is 0 Å². The van der Waals surface area contributed by atoms with E-state index in [0.717, 1.165) is 38.2 Å². The standard InChI is InChI=1S/C20H24N4OS/c1-23(2)20(25)17-10-21-22-19(17)14-6-5-9-24(11-14)12-15-13-26-18-8-4-3-7-16(15)18/h3-4,7-8,10,13-14H,5-6,9,11-12H2,1-2H3,(H,21,22). The molecule has 3 aromatic rings. The Morgan fingerprint density at radius 2 is 2.23 bits per heavy atom. The summed E-state index contributed by atoms with van der Waals surface area (Å²) in [4.78, 5) is 16.5. The molecular weight excluding hydrogens is 344 g/mol. The Morgan fingerprint density at radius 3 is 3.08 bits per heavy atom. The molecule has 1 saturated heterocycles. The zero-order valence-corrected chi connectivity index (χ0v) is 16.1. The first kappa shape index (κ1) is 17.2. The van der Waals surface area contributed by atoms with Crippen molar-refractivity contribution in [2.45, 2.75) is 25.3 Å². The summed E-state index contributed by atoms with van der Waals surface area (Å²) in [5.41, 5.74) is 3.10. The number of benzene rings is 1. The molecule has 26 heavy (non-hydrogen) atoms. The molecule has 0 bridgehead atoms. The van der Waals surface area contributed by atoms with Crippen molar-refractivity contribution < 1.29 is 4.79 Å². The number of fused-ring (bicyclic) bond motifs is 1. The normalized spacial score (nSPS) is 18.3. The van der Waals surface area contributed by atoms with Crippen LogP contribution in [0.1, 0.15) is 40.4 Å². The minimum Gasteiger partial charge on any atom is -0.345 e. The average molecular weight is 369 g/mol. The molecule has 6 heteroatoms. The first-order chi connectivity index (χ1) is 12.6. The van der Waals surface area contributed by atoms with Gasteiger partial charge in [0.1, 0.15) is 0 Å². The highest BCUT2D eigenvalue weighted by Gasteiger charge is 2.27. The molecule has 2 aromatic heterocycles. The molecule has 1 aromatic carbocycles. The van der Waals surface area contributed by atoms with E-state index in [1.165, 1.54) is 15.6 Å². The maximum Gasteiger partial charge on any atom is 0.256 e.